The summed E-state index contributed by atoms with van der Waals surface area (Å²) < 4.78 is 4.38. The summed E-state index contributed by atoms with van der Waals surface area (Å²) in [6.45, 7) is 2.02. The molecule has 0 aromatic heterocycles. The van der Waals surface area contributed by atoms with Crippen molar-refractivity contribution in [2.45, 2.75) is 12.5 Å². The molecule has 1 atom stereocenters. The van der Waals surface area contributed by atoms with Crippen LogP contribution in [-0.2, 0) is 9.53 Å². The highest BCUT2D eigenvalue weighted by Crippen LogP contribution is 2.12. The first-order valence-electron chi connectivity index (χ1n) is 2.09. The van der Waals surface area contributed by atoms with Crippen LogP contribution in [0.4, 0.5) is 0 Å². The van der Waals surface area contributed by atoms with Crippen LogP contribution in [0, 0.1) is 0 Å². The van der Waals surface area contributed by atoms with Crippen LogP contribution in [0.25, 0.3) is 0 Å². The third-order valence-corrected chi connectivity index (χ3v) is 0.969. The standard InChI is InChI=1S/C4H7NO2/c1-4(5)2-7-3(4)6/h2,5H2,1H3/t4-/m0/s1. The number of hydrogen-bond acceptors (Lipinski definition) is 3. The summed E-state index contributed by atoms with van der Waals surface area (Å²) in [6.07, 6.45) is 0. The molecule has 0 radical (unpaired) electrons. The molecule has 40 valence electrons. The van der Waals surface area contributed by atoms with Crippen LogP contribution in [0.1, 0.15) is 6.92 Å². The van der Waals surface area contributed by atoms with Crippen LogP contribution in [0.2, 0.25) is 0 Å². The van der Waals surface area contributed by atoms with E-state index in [0.717, 1.165) is 0 Å². The summed E-state index contributed by atoms with van der Waals surface area (Å²) in [5, 5.41) is 0. The summed E-state index contributed by atoms with van der Waals surface area (Å²) in [5.41, 5.74) is 4.61. The fourth-order valence-electron chi connectivity index (χ4n) is 0.359. The van der Waals surface area contributed by atoms with Crippen LogP contribution in [0.5, 0.6) is 0 Å². The van der Waals surface area contributed by atoms with Crippen molar-refractivity contribution in [3.8, 4) is 0 Å². The van der Waals surface area contributed by atoms with Crippen molar-refractivity contribution in [3.63, 3.8) is 0 Å². The maximum absolute atomic E-state index is 10.2. The summed E-state index contributed by atoms with van der Waals surface area (Å²) in [7, 11) is 0. The molecule has 0 aromatic rings. The Hall–Kier alpha value is -0.570. The number of carbonyl (C=O) groups is 1. The van der Waals surface area contributed by atoms with E-state index in [-0.39, 0.29) is 5.97 Å². The van der Waals surface area contributed by atoms with Gasteiger partial charge in [-0.25, -0.2) is 4.79 Å². The molecule has 0 bridgehead atoms. The molecule has 2 N–H and O–H groups in total. The van der Waals surface area contributed by atoms with E-state index < -0.39 is 5.54 Å². The molecule has 3 nitrogen and oxygen atoms in total. The topological polar surface area (TPSA) is 52.3 Å². The lowest BCUT2D eigenvalue weighted by Crippen LogP contribution is -2.59. The van der Waals surface area contributed by atoms with E-state index in [1.165, 1.54) is 0 Å². The van der Waals surface area contributed by atoms with Crippen molar-refractivity contribution in [2.24, 2.45) is 5.73 Å². The zero-order valence-electron chi connectivity index (χ0n) is 4.10. The highest BCUT2D eigenvalue weighted by molar-refractivity contribution is 5.85. The maximum atomic E-state index is 10.2. The predicted octanol–water partition coefficient (Wildman–Crippen LogP) is -0.739. The molecule has 1 aliphatic heterocycles. The van der Waals surface area contributed by atoms with Crippen LogP contribution in [0.3, 0.4) is 0 Å². The largest absolute Gasteiger partial charge is 0.462 e. The summed E-state index contributed by atoms with van der Waals surface area (Å²) in [6, 6.07) is 0. The van der Waals surface area contributed by atoms with Gasteiger partial charge in [0, 0.05) is 0 Å². The molecule has 1 saturated heterocycles. The van der Waals surface area contributed by atoms with Gasteiger partial charge in [-0.2, -0.15) is 0 Å². The molecule has 1 rings (SSSR count). The average Bonchev–Trinajstić information content (AvgIpc) is 1.63. The second kappa shape index (κ2) is 0.980. The average molecular weight is 101 g/mol. The molecule has 0 unspecified atom stereocenters. The van der Waals surface area contributed by atoms with E-state index in [9.17, 15) is 4.79 Å². The Labute approximate surface area is 41.4 Å². The Balaban J connectivity index is 2.59. The number of nitrogens with two attached hydrogens (primary N) is 1. The van der Waals surface area contributed by atoms with Gasteiger partial charge in [0.1, 0.15) is 12.1 Å². The van der Waals surface area contributed by atoms with E-state index in [4.69, 9.17) is 5.73 Å². The van der Waals surface area contributed by atoms with Crippen molar-refractivity contribution in [1.82, 2.24) is 0 Å². The minimum absolute atomic E-state index is 0.299. The second-order valence-electron chi connectivity index (χ2n) is 1.99. The Bertz CT molecular complexity index is 108. The first-order valence-corrected chi connectivity index (χ1v) is 2.09. The van der Waals surface area contributed by atoms with Crippen LogP contribution in [0.15, 0.2) is 0 Å². The molecule has 0 saturated carbocycles. The van der Waals surface area contributed by atoms with E-state index in [2.05, 4.69) is 4.74 Å². The van der Waals surface area contributed by atoms with E-state index in [0.29, 0.717) is 6.61 Å². The van der Waals surface area contributed by atoms with Gasteiger partial charge in [-0.15, -0.1) is 0 Å². The van der Waals surface area contributed by atoms with Gasteiger partial charge in [0.15, 0.2) is 0 Å². The monoisotopic (exact) mass is 101 g/mol. The number of cyclic esters (lactones) is 1. The lowest BCUT2D eigenvalue weighted by Gasteiger charge is -2.30. The molecule has 1 fully saturated rings. The van der Waals surface area contributed by atoms with Gasteiger partial charge in [0.25, 0.3) is 0 Å². The minimum atomic E-state index is -0.681. The van der Waals surface area contributed by atoms with Crippen LogP contribution >= 0.6 is 0 Å². The molecule has 1 aliphatic rings. The fraction of sp³-hybridized carbons (Fsp3) is 0.750. The van der Waals surface area contributed by atoms with Crippen LogP contribution < -0.4 is 5.73 Å². The van der Waals surface area contributed by atoms with Crippen molar-refractivity contribution < 1.29 is 9.53 Å². The lowest BCUT2D eigenvalue weighted by atomic mass is 10.0. The fourth-order valence-corrected chi connectivity index (χ4v) is 0.359. The smallest absolute Gasteiger partial charge is 0.329 e. The van der Waals surface area contributed by atoms with Gasteiger partial charge in [-0.05, 0) is 6.92 Å². The highest BCUT2D eigenvalue weighted by Gasteiger charge is 2.40. The van der Waals surface area contributed by atoms with Gasteiger partial charge in [-0.1, -0.05) is 0 Å². The molecule has 0 amide bonds. The van der Waals surface area contributed by atoms with E-state index in [1.807, 2.05) is 0 Å². The number of esters is 1. The Morgan fingerprint density at radius 2 is 2.43 bits per heavy atom. The quantitative estimate of drug-likeness (QED) is 0.409. The maximum Gasteiger partial charge on any atom is 0.329 e. The minimum Gasteiger partial charge on any atom is -0.462 e. The van der Waals surface area contributed by atoms with Gasteiger partial charge >= 0.3 is 5.97 Å². The molecule has 0 spiro atoms. The first-order chi connectivity index (χ1) is 3.13. The lowest BCUT2D eigenvalue weighted by molar-refractivity contribution is -0.170. The van der Waals surface area contributed by atoms with Crippen molar-refractivity contribution in [3.05, 3.63) is 0 Å². The zero-order chi connectivity index (χ0) is 5.49. The third-order valence-electron chi connectivity index (χ3n) is 0.969. The Morgan fingerprint density at radius 1 is 2.00 bits per heavy atom. The SMILES string of the molecule is C[C@]1(N)COC1=O. The number of rotatable bonds is 0. The van der Waals surface area contributed by atoms with Gasteiger partial charge in [-0.3, -0.25) is 0 Å². The van der Waals surface area contributed by atoms with E-state index in [1.54, 1.807) is 6.92 Å². The van der Waals surface area contributed by atoms with Gasteiger partial charge in [0.05, 0.1) is 0 Å². The molecular formula is C4H7NO2. The van der Waals surface area contributed by atoms with Gasteiger partial charge in [0.2, 0.25) is 0 Å². The predicted molar refractivity (Wildman–Crippen MR) is 23.6 cm³/mol. The molecule has 7 heavy (non-hydrogen) atoms. The first kappa shape index (κ1) is 4.59. The highest BCUT2D eigenvalue weighted by atomic mass is 16.6. The molecule has 3 heteroatoms. The molecule has 0 aromatic carbocycles. The number of ether oxygens (including phenoxy) is 1. The number of carbonyl (C=O) groups excluding carboxylic acids is 1. The van der Waals surface area contributed by atoms with Gasteiger partial charge < -0.3 is 10.5 Å². The Kier molecular flexibility index (Phi) is 0.642. The normalized spacial score (nSPS) is 39.4. The summed E-state index contributed by atoms with van der Waals surface area (Å²) >= 11 is 0. The summed E-state index contributed by atoms with van der Waals surface area (Å²) in [5.74, 6) is -0.299. The zero-order valence-corrected chi connectivity index (χ0v) is 4.10. The molecule has 0 aliphatic carbocycles. The molecular weight excluding hydrogens is 94.0 g/mol. The third kappa shape index (κ3) is 0.489. The van der Waals surface area contributed by atoms with E-state index >= 15 is 0 Å². The van der Waals surface area contributed by atoms with Crippen molar-refractivity contribution in [2.75, 3.05) is 6.61 Å². The second-order valence-corrected chi connectivity index (χ2v) is 1.99. The van der Waals surface area contributed by atoms with Crippen LogP contribution in [-0.4, -0.2) is 18.1 Å². The molecule has 1 heterocycles. The Morgan fingerprint density at radius 3 is 2.43 bits per heavy atom. The van der Waals surface area contributed by atoms with Crippen molar-refractivity contribution in [1.29, 1.82) is 0 Å². The number of hydrogen-bond donors (Lipinski definition) is 1. The summed E-state index contributed by atoms with van der Waals surface area (Å²) in [4.78, 5) is 10.2. The van der Waals surface area contributed by atoms with Crippen molar-refractivity contribution >= 4 is 5.97 Å².